The first-order valence-corrected chi connectivity index (χ1v) is 7.07. The molecule has 1 aromatic rings. The molecule has 0 aliphatic rings. The second-order valence-corrected chi connectivity index (χ2v) is 4.76. The van der Waals surface area contributed by atoms with Gasteiger partial charge in [-0.3, -0.25) is 9.59 Å². The van der Waals surface area contributed by atoms with E-state index in [0.717, 1.165) is 5.56 Å². The topological polar surface area (TPSA) is 72.8 Å². The molecular weight excluding hydrogens is 284 g/mol. The van der Waals surface area contributed by atoms with E-state index in [9.17, 15) is 9.59 Å². The summed E-state index contributed by atoms with van der Waals surface area (Å²) in [6.07, 6.45) is 5.57. The van der Waals surface area contributed by atoms with Crippen LogP contribution < -0.4 is 4.74 Å². The number of esters is 1. The van der Waals surface area contributed by atoms with E-state index < -0.39 is 24.0 Å². The van der Waals surface area contributed by atoms with Gasteiger partial charge in [-0.05, 0) is 30.5 Å². The fourth-order valence-electron chi connectivity index (χ4n) is 2.22. The summed E-state index contributed by atoms with van der Waals surface area (Å²) in [7, 11) is 0. The quantitative estimate of drug-likeness (QED) is 0.454. The molecule has 5 heteroatoms. The minimum absolute atomic E-state index is 0.180. The van der Waals surface area contributed by atoms with Crippen LogP contribution in [0.4, 0.5) is 0 Å². The van der Waals surface area contributed by atoms with Crippen LogP contribution in [-0.4, -0.2) is 23.7 Å². The van der Waals surface area contributed by atoms with Crippen molar-refractivity contribution >= 4 is 11.9 Å². The van der Waals surface area contributed by atoms with E-state index >= 15 is 0 Å². The summed E-state index contributed by atoms with van der Waals surface area (Å²) in [6.45, 7) is 3.96. The molecule has 0 heterocycles. The maximum absolute atomic E-state index is 11.7. The van der Waals surface area contributed by atoms with Gasteiger partial charge in [0.15, 0.2) is 0 Å². The van der Waals surface area contributed by atoms with Crippen LogP contribution >= 0.6 is 0 Å². The number of carboxylic acids is 1. The van der Waals surface area contributed by atoms with Crippen LogP contribution in [0.3, 0.4) is 0 Å². The lowest BCUT2D eigenvalue weighted by Crippen LogP contribution is -2.32. The Morgan fingerprint density at radius 2 is 1.82 bits per heavy atom. The van der Waals surface area contributed by atoms with Crippen LogP contribution in [0.1, 0.15) is 38.7 Å². The summed E-state index contributed by atoms with van der Waals surface area (Å²) in [5, 5.41) is 8.68. The lowest BCUT2D eigenvalue weighted by Gasteiger charge is -2.32. The average Bonchev–Trinajstić information content (AvgIpc) is 2.50. The highest BCUT2D eigenvalue weighted by molar-refractivity contribution is 5.90. The zero-order valence-electron chi connectivity index (χ0n) is 12.8. The second-order valence-electron chi connectivity index (χ2n) is 4.76. The van der Waals surface area contributed by atoms with Crippen LogP contribution in [0, 0.1) is 12.3 Å². The Balaban J connectivity index is 2.96. The van der Waals surface area contributed by atoms with Crippen molar-refractivity contribution in [2.75, 3.05) is 6.61 Å². The van der Waals surface area contributed by atoms with E-state index in [0.29, 0.717) is 18.6 Å². The minimum atomic E-state index is -1.20. The van der Waals surface area contributed by atoms with Crippen LogP contribution in [-0.2, 0) is 19.9 Å². The zero-order valence-corrected chi connectivity index (χ0v) is 12.8. The molecule has 0 saturated carbocycles. The first kappa shape index (κ1) is 17.6. The Morgan fingerprint density at radius 1 is 1.23 bits per heavy atom. The minimum Gasteiger partial charge on any atom is -0.481 e. The molecule has 0 aliphatic heterocycles. The molecule has 1 aromatic carbocycles. The van der Waals surface area contributed by atoms with Crippen molar-refractivity contribution in [1.29, 1.82) is 0 Å². The van der Waals surface area contributed by atoms with Gasteiger partial charge in [0, 0.05) is 0 Å². The van der Waals surface area contributed by atoms with Crippen molar-refractivity contribution in [3.05, 3.63) is 29.8 Å². The fraction of sp³-hybridized carbons (Fsp3) is 0.412. The van der Waals surface area contributed by atoms with Gasteiger partial charge in [0.2, 0.25) is 0 Å². The first-order valence-electron chi connectivity index (χ1n) is 7.07. The molecule has 0 aromatic heterocycles. The molecule has 118 valence electrons. The van der Waals surface area contributed by atoms with Gasteiger partial charge >= 0.3 is 11.9 Å². The Kier molecular flexibility index (Phi) is 6.46. The highest BCUT2D eigenvalue weighted by Gasteiger charge is 2.33. The van der Waals surface area contributed by atoms with Crippen LogP contribution in [0.25, 0.3) is 0 Å². The molecular formula is C17H20O5. The number of carbonyl (C=O) groups is 2. The Bertz CT molecular complexity index is 549. The zero-order chi connectivity index (χ0) is 16.6. The van der Waals surface area contributed by atoms with Gasteiger partial charge < -0.3 is 14.6 Å². The number of carboxylic acid groups (broad SMARTS) is 1. The van der Waals surface area contributed by atoms with Gasteiger partial charge in [-0.15, -0.1) is 6.42 Å². The summed E-state index contributed by atoms with van der Waals surface area (Å²) in [6, 6.07) is 7.09. The molecule has 0 spiro atoms. The van der Waals surface area contributed by atoms with E-state index in [-0.39, 0.29) is 6.61 Å². The Morgan fingerprint density at radius 3 is 2.27 bits per heavy atom. The Labute approximate surface area is 130 Å². The molecule has 22 heavy (non-hydrogen) atoms. The van der Waals surface area contributed by atoms with Gasteiger partial charge in [-0.1, -0.05) is 31.9 Å². The predicted octanol–water partition coefficient (Wildman–Crippen LogP) is 2.73. The summed E-state index contributed by atoms with van der Waals surface area (Å²) in [5.41, 5.74) is -0.0405. The van der Waals surface area contributed by atoms with Gasteiger partial charge in [0.1, 0.15) is 24.4 Å². The summed E-state index contributed by atoms with van der Waals surface area (Å²) >= 11 is 0. The molecule has 0 radical (unpaired) electrons. The second kappa shape index (κ2) is 8.08. The number of hydrogen-bond donors (Lipinski definition) is 1. The molecule has 0 amide bonds. The van der Waals surface area contributed by atoms with E-state index in [2.05, 4.69) is 5.92 Å². The third-order valence-electron chi connectivity index (χ3n) is 3.45. The summed E-state index contributed by atoms with van der Waals surface area (Å²) in [4.78, 5) is 22.3. The number of benzene rings is 1. The molecule has 0 fully saturated rings. The molecule has 0 aliphatic carbocycles. The number of carbonyl (C=O) groups excluding carboxylic acids is 1. The molecule has 0 atom stereocenters. The van der Waals surface area contributed by atoms with Crippen molar-refractivity contribution in [3.8, 4) is 18.1 Å². The molecule has 0 bridgehead atoms. The van der Waals surface area contributed by atoms with Gasteiger partial charge in [0.25, 0.3) is 0 Å². The number of ether oxygens (including phenoxy) is 2. The fourth-order valence-corrected chi connectivity index (χ4v) is 2.22. The standard InChI is InChI=1S/C17H20O5/c1-4-11-21-14-9-7-13(8-10-14)17(5-2,6-3)22-16(20)12-15(18)19/h1,7-10H,5-6,11-12H2,2-3H3,(H,18,19). The average molecular weight is 304 g/mol. The lowest BCUT2D eigenvalue weighted by atomic mass is 9.88. The maximum Gasteiger partial charge on any atom is 0.318 e. The molecule has 0 saturated heterocycles. The largest absolute Gasteiger partial charge is 0.481 e. The summed E-state index contributed by atoms with van der Waals surface area (Å²) < 4.78 is 10.8. The number of rotatable bonds is 8. The maximum atomic E-state index is 11.7. The Hall–Kier alpha value is -2.48. The lowest BCUT2D eigenvalue weighted by molar-refractivity contribution is -0.165. The van der Waals surface area contributed by atoms with Gasteiger partial charge in [0.05, 0.1) is 0 Å². The van der Waals surface area contributed by atoms with E-state index in [1.54, 1.807) is 24.3 Å². The third-order valence-corrected chi connectivity index (χ3v) is 3.45. The number of hydrogen-bond acceptors (Lipinski definition) is 4. The van der Waals surface area contributed by atoms with Gasteiger partial charge in [-0.25, -0.2) is 0 Å². The normalized spacial score (nSPS) is 10.6. The van der Waals surface area contributed by atoms with E-state index in [1.807, 2.05) is 13.8 Å². The molecule has 1 N–H and O–H groups in total. The SMILES string of the molecule is C#CCOc1ccc(C(CC)(CC)OC(=O)CC(=O)O)cc1. The van der Waals surface area contributed by atoms with Crippen molar-refractivity contribution < 1.29 is 24.2 Å². The smallest absolute Gasteiger partial charge is 0.318 e. The van der Waals surface area contributed by atoms with Gasteiger partial charge in [-0.2, -0.15) is 0 Å². The molecule has 5 nitrogen and oxygen atoms in total. The van der Waals surface area contributed by atoms with Crippen LogP contribution in [0.5, 0.6) is 5.75 Å². The van der Waals surface area contributed by atoms with Crippen molar-refractivity contribution in [3.63, 3.8) is 0 Å². The van der Waals surface area contributed by atoms with Crippen LogP contribution in [0.2, 0.25) is 0 Å². The number of terminal acetylenes is 1. The number of aliphatic carboxylic acids is 1. The van der Waals surface area contributed by atoms with Crippen LogP contribution in [0.15, 0.2) is 24.3 Å². The highest BCUT2D eigenvalue weighted by atomic mass is 16.6. The monoisotopic (exact) mass is 304 g/mol. The van der Waals surface area contributed by atoms with E-state index in [1.165, 1.54) is 0 Å². The highest BCUT2D eigenvalue weighted by Crippen LogP contribution is 2.34. The third kappa shape index (κ3) is 4.52. The van der Waals surface area contributed by atoms with Crippen molar-refractivity contribution in [2.45, 2.75) is 38.7 Å². The molecule has 0 unspecified atom stereocenters. The van der Waals surface area contributed by atoms with Crippen molar-refractivity contribution in [2.24, 2.45) is 0 Å². The predicted molar refractivity (Wildman–Crippen MR) is 81.4 cm³/mol. The summed E-state index contributed by atoms with van der Waals surface area (Å²) in [5.74, 6) is 1.05. The van der Waals surface area contributed by atoms with E-state index in [4.69, 9.17) is 21.0 Å². The molecule has 1 rings (SSSR count). The van der Waals surface area contributed by atoms with Crippen molar-refractivity contribution in [1.82, 2.24) is 0 Å². The first-order chi connectivity index (χ1) is 10.5.